The second-order valence-corrected chi connectivity index (χ2v) is 3.06. The molecular weight excluding hydrogens is 184 g/mol. The van der Waals surface area contributed by atoms with Gasteiger partial charge in [0.15, 0.2) is 0 Å². The summed E-state index contributed by atoms with van der Waals surface area (Å²) in [5.41, 5.74) is 0.755. The number of rotatable bonds is 1. The van der Waals surface area contributed by atoms with Gasteiger partial charge in [0.2, 0.25) is 0 Å². The van der Waals surface area contributed by atoms with E-state index in [1.165, 1.54) is 6.07 Å². The van der Waals surface area contributed by atoms with Crippen molar-refractivity contribution < 1.29 is 4.74 Å². The Morgan fingerprint density at radius 2 is 2.14 bits per heavy atom. The molecule has 5 nitrogen and oxygen atoms in total. The van der Waals surface area contributed by atoms with Crippen LogP contribution in [0, 0.1) is 0 Å². The van der Waals surface area contributed by atoms with Crippen molar-refractivity contribution >= 4 is 5.57 Å². The molecule has 5 heteroatoms. The Labute approximate surface area is 79.4 Å². The van der Waals surface area contributed by atoms with Crippen molar-refractivity contribution in [2.75, 3.05) is 13.2 Å². The molecule has 0 spiro atoms. The summed E-state index contributed by atoms with van der Waals surface area (Å²) < 4.78 is 5.12. The molecule has 0 saturated heterocycles. The van der Waals surface area contributed by atoms with Crippen LogP contribution in [-0.2, 0) is 4.74 Å². The van der Waals surface area contributed by atoms with Crippen LogP contribution >= 0.6 is 0 Å². The van der Waals surface area contributed by atoms with Crippen molar-refractivity contribution in [2.24, 2.45) is 0 Å². The molecule has 1 aliphatic heterocycles. The van der Waals surface area contributed by atoms with E-state index < -0.39 is 0 Å². The van der Waals surface area contributed by atoms with Gasteiger partial charge in [-0.3, -0.25) is 19.8 Å². The van der Waals surface area contributed by atoms with E-state index in [2.05, 4.69) is 10.2 Å². The third kappa shape index (κ3) is 1.67. The minimum atomic E-state index is -0.299. The number of hydrogen-bond donors (Lipinski definition) is 2. The number of aromatic amines is 2. The molecule has 2 rings (SSSR count). The van der Waals surface area contributed by atoms with Crippen LogP contribution in [0.25, 0.3) is 5.57 Å². The molecule has 0 fully saturated rings. The highest BCUT2D eigenvalue weighted by Gasteiger charge is 2.10. The maximum Gasteiger partial charge on any atom is 0.270 e. The zero-order chi connectivity index (χ0) is 9.97. The quantitative estimate of drug-likeness (QED) is 0.653. The monoisotopic (exact) mass is 194 g/mol. The Morgan fingerprint density at radius 1 is 1.29 bits per heavy atom. The summed E-state index contributed by atoms with van der Waals surface area (Å²) in [5.74, 6) is 0. The first-order valence-corrected chi connectivity index (χ1v) is 4.36. The van der Waals surface area contributed by atoms with Crippen LogP contribution < -0.4 is 11.1 Å². The molecular formula is C9H10N2O3. The van der Waals surface area contributed by atoms with E-state index >= 15 is 0 Å². The zero-order valence-electron chi connectivity index (χ0n) is 7.50. The number of nitrogens with one attached hydrogen (secondary N) is 2. The fraction of sp³-hybridized carbons (Fsp3) is 0.333. The largest absolute Gasteiger partial charge is 0.377 e. The summed E-state index contributed by atoms with van der Waals surface area (Å²) in [4.78, 5) is 22.4. The van der Waals surface area contributed by atoms with E-state index in [-0.39, 0.29) is 11.1 Å². The van der Waals surface area contributed by atoms with Gasteiger partial charge in [-0.25, -0.2) is 0 Å². The highest BCUT2D eigenvalue weighted by Crippen LogP contribution is 2.16. The Kier molecular flexibility index (Phi) is 2.32. The van der Waals surface area contributed by atoms with Crippen molar-refractivity contribution in [3.8, 4) is 0 Å². The third-order valence-corrected chi connectivity index (χ3v) is 2.13. The molecule has 0 amide bonds. The molecule has 2 N–H and O–H groups in total. The first kappa shape index (κ1) is 8.96. The average molecular weight is 194 g/mol. The van der Waals surface area contributed by atoms with E-state index in [1.54, 1.807) is 0 Å². The molecule has 0 saturated carbocycles. The first-order valence-electron chi connectivity index (χ1n) is 4.36. The van der Waals surface area contributed by atoms with Crippen LogP contribution in [0.2, 0.25) is 0 Å². The Morgan fingerprint density at radius 3 is 2.86 bits per heavy atom. The topological polar surface area (TPSA) is 75.0 Å². The molecule has 0 unspecified atom stereocenters. The van der Waals surface area contributed by atoms with Crippen molar-refractivity contribution in [3.05, 3.63) is 38.4 Å². The van der Waals surface area contributed by atoms with Crippen molar-refractivity contribution in [1.82, 2.24) is 10.2 Å². The standard InChI is InChI=1S/C9H10N2O3/c12-8-5-7(9(13)11-10-8)6-1-3-14-4-2-6/h1,5H,2-4H2,(H,10,12)(H,11,13). The number of H-pyrrole nitrogens is 2. The van der Waals surface area contributed by atoms with Crippen LogP contribution in [0.3, 0.4) is 0 Å². The summed E-state index contributed by atoms with van der Waals surface area (Å²) in [6, 6.07) is 1.32. The fourth-order valence-corrected chi connectivity index (χ4v) is 1.43. The maximum atomic E-state index is 11.4. The number of aromatic nitrogens is 2. The van der Waals surface area contributed by atoms with Crippen LogP contribution in [0.1, 0.15) is 12.0 Å². The van der Waals surface area contributed by atoms with Gasteiger partial charge in [0.25, 0.3) is 11.1 Å². The lowest BCUT2D eigenvalue weighted by Crippen LogP contribution is -2.22. The second kappa shape index (κ2) is 3.63. The molecule has 0 atom stereocenters. The summed E-state index contributed by atoms with van der Waals surface area (Å²) in [6.45, 7) is 1.10. The minimum Gasteiger partial charge on any atom is -0.377 e. The third-order valence-electron chi connectivity index (χ3n) is 2.13. The molecule has 0 aliphatic carbocycles. The van der Waals surface area contributed by atoms with E-state index in [0.717, 1.165) is 5.57 Å². The highest BCUT2D eigenvalue weighted by molar-refractivity contribution is 5.65. The van der Waals surface area contributed by atoms with Crippen molar-refractivity contribution in [3.63, 3.8) is 0 Å². The Hall–Kier alpha value is -1.62. The van der Waals surface area contributed by atoms with Gasteiger partial charge in [-0.1, -0.05) is 6.08 Å². The van der Waals surface area contributed by atoms with Gasteiger partial charge in [0.05, 0.1) is 13.2 Å². The first-order chi connectivity index (χ1) is 6.77. The SMILES string of the molecule is O=c1cc(C2=CCOCC2)c(=O)[nH][nH]1. The van der Waals surface area contributed by atoms with Gasteiger partial charge >= 0.3 is 0 Å². The predicted molar refractivity (Wildman–Crippen MR) is 51.1 cm³/mol. The lowest BCUT2D eigenvalue weighted by atomic mass is 10.0. The van der Waals surface area contributed by atoms with Gasteiger partial charge in [-0.2, -0.15) is 0 Å². The molecule has 2 heterocycles. The molecule has 0 bridgehead atoms. The molecule has 74 valence electrons. The van der Waals surface area contributed by atoms with Crippen LogP contribution in [-0.4, -0.2) is 23.4 Å². The Balaban J connectivity index is 2.49. The second-order valence-electron chi connectivity index (χ2n) is 3.06. The molecule has 0 aromatic carbocycles. The van der Waals surface area contributed by atoms with Gasteiger partial charge in [0, 0.05) is 11.6 Å². The van der Waals surface area contributed by atoms with E-state index in [0.29, 0.717) is 25.2 Å². The highest BCUT2D eigenvalue weighted by atomic mass is 16.5. The zero-order valence-corrected chi connectivity index (χ0v) is 7.50. The van der Waals surface area contributed by atoms with E-state index in [9.17, 15) is 9.59 Å². The van der Waals surface area contributed by atoms with Crippen molar-refractivity contribution in [2.45, 2.75) is 6.42 Å². The van der Waals surface area contributed by atoms with Gasteiger partial charge in [-0.15, -0.1) is 0 Å². The summed E-state index contributed by atoms with van der Waals surface area (Å²) in [6.07, 6.45) is 2.50. The molecule has 0 radical (unpaired) electrons. The summed E-state index contributed by atoms with van der Waals surface area (Å²) in [7, 11) is 0. The van der Waals surface area contributed by atoms with E-state index in [1.807, 2.05) is 6.08 Å². The van der Waals surface area contributed by atoms with E-state index in [4.69, 9.17) is 4.74 Å². The predicted octanol–water partition coefficient (Wildman–Crippen LogP) is -0.133. The average Bonchev–Trinajstić information content (AvgIpc) is 2.23. The molecule has 14 heavy (non-hydrogen) atoms. The molecule has 1 aliphatic rings. The van der Waals surface area contributed by atoms with Gasteiger partial charge in [0.1, 0.15) is 0 Å². The Bertz CT molecular complexity index is 469. The van der Waals surface area contributed by atoms with Crippen LogP contribution in [0.4, 0.5) is 0 Å². The minimum absolute atomic E-state index is 0.266. The van der Waals surface area contributed by atoms with Gasteiger partial charge < -0.3 is 4.74 Å². The maximum absolute atomic E-state index is 11.4. The van der Waals surface area contributed by atoms with Crippen molar-refractivity contribution in [1.29, 1.82) is 0 Å². The normalized spacial score (nSPS) is 16.4. The van der Waals surface area contributed by atoms with Gasteiger partial charge in [-0.05, 0) is 12.0 Å². The van der Waals surface area contributed by atoms with Crippen LogP contribution in [0.15, 0.2) is 21.7 Å². The lowest BCUT2D eigenvalue weighted by molar-refractivity contribution is 0.161. The van der Waals surface area contributed by atoms with Crippen LogP contribution in [0.5, 0.6) is 0 Å². The number of hydrogen-bond acceptors (Lipinski definition) is 3. The fourth-order valence-electron chi connectivity index (χ4n) is 1.43. The molecule has 1 aromatic rings. The smallest absolute Gasteiger partial charge is 0.270 e. The lowest BCUT2D eigenvalue weighted by Gasteiger charge is -2.12. The summed E-state index contributed by atoms with van der Waals surface area (Å²) in [5, 5.41) is 4.52. The summed E-state index contributed by atoms with van der Waals surface area (Å²) >= 11 is 0. The number of ether oxygens (including phenoxy) is 1. The molecule has 1 aromatic heterocycles.